The first kappa shape index (κ1) is 13.5. The number of aromatic nitrogens is 2. The van der Waals surface area contributed by atoms with Gasteiger partial charge in [0.05, 0.1) is 5.52 Å². The molecule has 0 bridgehead atoms. The Bertz CT molecular complexity index is 771. The molecule has 0 spiro atoms. The zero-order chi connectivity index (χ0) is 14.7. The van der Waals surface area contributed by atoms with Crippen molar-refractivity contribution < 1.29 is 4.39 Å². The Kier molecular flexibility index (Phi) is 3.77. The third-order valence-electron chi connectivity index (χ3n) is 3.51. The Hall–Kier alpha value is -2.49. The highest BCUT2D eigenvalue weighted by molar-refractivity contribution is 5.89. The van der Waals surface area contributed by atoms with E-state index in [0.717, 1.165) is 23.1 Å². The van der Waals surface area contributed by atoms with Crippen LogP contribution in [-0.4, -0.2) is 9.97 Å². The van der Waals surface area contributed by atoms with Gasteiger partial charge in [-0.25, -0.2) is 14.4 Å². The summed E-state index contributed by atoms with van der Waals surface area (Å²) >= 11 is 0. The molecule has 0 unspecified atom stereocenters. The Balaban J connectivity index is 1.91. The summed E-state index contributed by atoms with van der Waals surface area (Å²) in [4.78, 5) is 8.55. The van der Waals surface area contributed by atoms with E-state index in [-0.39, 0.29) is 5.82 Å². The molecule has 3 aromatic rings. The van der Waals surface area contributed by atoms with Crippen LogP contribution >= 0.6 is 0 Å². The maximum absolute atomic E-state index is 13.7. The van der Waals surface area contributed by atoms with E-state index in [1.54, 1.807) is 12.1 Å². The molecule has 3 nitrogen and oxygen atoms in total. The van der Waals surface area contributed by atoms with Crippen LogP contribution in [-0.2, 0) is 13.0 Å². The van der Waals surface area contributed by atoms with Crippen molar-refractivity contribution in [3.05, 3.63) is 65.7 Å². The molecule has 0 fully saturated rings. The average Bonchev–Trinajstić information content (AvgIpc) is 2.53. The molecule has 2 aromatic carbocycles. The maximum Gasteiger partial charge on any atom is 0.137 e. The molecule has 0 radical (unpaired) electrons. The van der Waals surface area contributed by atoms with E-state index in [9.17, 15) is 4.39 Å². The van der Waals surface area contributed by atoms with Gasteiger partial charge in [0.1, 0.15) is 18.0 Å². The minimum atomic E-state index is -0.211. The molecule has 0 atom stereocenters. The van der Waals surface area contributed by atoms with Gasteiger partial charge in [-0.1, -0.05) is 31.2 Å². The summed E-state index contributed by atoms with van der Waals surface area (Å²) in [6.07, 6.45) is 2.48. The maximum atomic E-state index is 13.7. The second kappa shape index (κ2) is 5.87. The number of anilines is 1. The van der Waals surface area contributed by atoms with Crippen LogP contribution in [0.1, 0.15) is 18.1 Å². The summed E-state index contributed by atoms with van der Waals surface area (Å²) in [6, 6.07) is 12.9. The number of fused-ring (bicyclic) bond motifs is 1. The first-order chi connectivity index (χ1) is 10.3. The first-order valence-corrected chi connectivity index (χ1v) is 6.99. The highest BCUT2D eigenvalue weighted by atomic mass is 19.1. The third kappa shape index (κ3) is 2.84. The van der Waals surface area contributed by atoms with E-state index >= 15 is 0 Å². The fourth-order valence-corrected chi connectivity index (χ4v) is 2.29. The van der Waals surface area contributed by atoms with Gasteiger partial charge < -0.3 is 5.32 Å². The van der Waals surface area contributed by atoms with E-state index in [0.29, 0.717) is 12.1 Å². The van der Waals surface area contributed by atoms with Crippen molar-refractivity contribution in [3.8, 4) is 0 Å². The van der Waals surface area contributed by atoms with Gasteiger partial charge in [-0.15, -0.1) is 0 Å². The molecule has 0 aliphatic carbocycles. The smallest absolute Gasteiger partial charge is 0.137 e. The predicted molar refractivity (Wildman–Crippen MR) is 82.6 cm³/mol. The van der Waals surface area contributed by atoms with Gasteiger partial charge in [0, 0.05) is 17.5 Å². The van der Waals surface area contributed by atoms with Crippen LogP contribution in [0.15, 0.2) is 48.8 Å². The number of rotatable bonds is 4. The van der Waals surface area contributed by atoms with Gasteiger partial charge in [-0.2, -0.15) is 0 Å². The van der Waals surface area contributed by atoms with Crippen molar-refractivity contribution in [2.75, 3.05) is 5.32 Å². The number of hydrogen-bond acceptors (Lipinski definition) is 3. The number of nitrogens with zero attached hydrogens (tertiary/aromatic N) is 2. The van der Waals surface area contributed by atoms with Crippen molar-refractivity contribution in [1.82, 2.24) is 9.97 Å². The molecule has 106 valence electrons. The lowest BCUT2D eigenvalue weighted by molar-refractivity contribution is 0.613. The molecule has 0 aliphatic heterocycles. The largest absolute Gasteiger partial charge is 0.365 e. The number of benzene rings is 2. The molecule has 0 saturated carbocycles. The monoisotopic (exact) mass is 281 g/mol. The van der Waals surface area contributed by atoms with Crippen LogP contribution in [0.5, 0.6) is 0 Å². The molecule has 0 saturated heterocycles. The Labute approximate surface area is 122 Å². The Morgan fingerprint density at radius 1 is 1.10 bits per heavy atom. The van der Waals surface area contributed by atoms with Crippen LogP contribution in [0.2, 0.25) is 0 Å². The zero-order valence-corrected chi connectivity index (χ0v) is 11.8. The van der Waals surface area contributed by atoms with Crippen LogP contribution in [0.3, 0.4) is 0 Å². The summed E-state index contributed by atoms with van der Waals surface area (Å²) < 4.78 is 13.7. The molecular formula is C17H16FN3. The molecule has 1 heterocycles. The highest BCUT2D eigenvalue weighted by Crippen LogP contribution is 2.21. The summed E-state index contributed by atoms with van der Waals surface area (Å²) in [5, 5.41) is 4.17. The molecule has 0 aliphatic rings. The lowest BCUT2D eigenvalue weighted by Gasteiger charge is -2.09. The minimum Gasteiger partial charge on any atom is -0.365 e. The fraction of sp³-hybridized carbons (Fsp3) is 0.176. The van der Waals surface area contributed by atoms with Gasteiger partial charge in [-0.3, -0.25) is 0 Å². The first-order valence-electron chi connectivity index (χ1n) is 6.99. The second-order valence-corrected chi connectivity index (χ2v) is 4.87. The number of nitrogens with one attached hydrogen (secondary N) is 1. The van der Waals surface area contributed by atoms with Crippen LogP contribution in [0.4, 0.5) is 10.2 Å². The third-order valence-corrected chi connectivity index (χ3v) is 3.51. The van der Waals surface area contributed by atoms with Crippen LogP contribution in [0, 0.1) is 5.82 Å². The number of aryl methyl sites for hydroxylation is 1. The molecule has 21 heavy (non-hydrogen) atoms. The van der Waals surface area contributed by atoms with E-state index < -0.39 is 0 Å². The summed E-state index contributed by atoms with van der Waals surface area (Å²) in [5.74, 6) is 0.524. The average molecular weight is 281 g/mol. The second-order valence-electron chi connectivity index (χ2n) is 4.87. The van der Waals surface area contributed by atoms with Crippen LogP contribution < -0.4 is 5.32 Å². The van der Waals surface area contributed by atoms with Gasteiger partial charge in [0.25, 0.3) is 0 Å². The summed E-state index contributed by atoms with van der Waals surface area (Å²) in [6.45, 7) is 2.51. The Morgan fingerprint density at radius 2 is 1.95 bits per heavy atom. The van der Waals surface area contributed by atoms with Crippen molar-refractivity contribution >= 4 is 16.7 Å². The van der Waals surface area contributed by atoms with Crippen LogP contribution in [0.25, 0.3) is 10.9 Å². The van der Waals surface area contributed by atoms with Gasteiger partial charge in [0.15, 0.2) is 0 Å². The van der Waals surface area contributed by atoms with Crippen molar-refractivity contribution in [1.29, 1.82) is 0 Å². The predicted octanol–water partition coefficient (Wildman–Crippen LogP) is 3.94. The lowest BCUT2D eigenvalue weighted by Crippen LogP contribution is -2.04. The standard InChI is InChI=1S/C17H16FN3/c1-2-12-7-8-16-14(9-12)17(21-11-20-16)19-10-13-5-3-4-6-15(13)18/h3-9,11H,2,10H2,1H3,(H,19,20,21). The molecule has 1 N–H and O–H groups in total. The minimum absolute atomic E-state index is 0.211. The Morgan fingerprint density at radius 3 is 2.76 bits per heavy atom. The van der Waals surface area contributed by atoms with Crippen molar-refractivity contribution in [2.24, 2.45) is 0 Å². The normalized spacial score (nSPS) is 10.8. The number of halogens is 1. The molecule has 1 aromatic heterocycles. The van der Waals surface area contributed by atoms with Gasteiger partial charge >= 0.3 is 0 Å². The molecule has 4 heteroatoms. The molecule has 3 rings (SSSR count). The van der Waals surface area contributed by atoms with E-state index in [1.165, 1.54) is 18.0 Å². The number of hydrogen-bond donors (Lipinski definition) is 1. The quantitative estimate of drug-likeness (QED) is 0.787. The van der Waals surface area contributed by atoms with Gasteiger partial charge in [-0.05, 0) is 30.2 Å². The van der Waals surface area contributed by atoms with Crippen molar-refractivity contribution in [2.45, 2.75) is 19.9 Å². The SMILES string of the molecule is CCc1ccc2ncnc(NCc3ccccc3F)c2c1. The van der Waals surface area contributed by atoms with E-state index in [4.69, 9.17) is 0 Å². The zero-order valence-electron chi connectivity index (χ0n) is 11.8. The van der Waals surface area contributed by atoms with Gasteiger partial charge in [0.2, 0.25) is 0 Å². The fourth-order valence-electron chi connectivity index (χ4n) is 2.29. The van der Waals surface area contributed by atoms with E-state index in [1.807, 2.05) is 12.1 Å². The molecule has 0 amide bonds. The topological polar surface area (TPSA) is 37.8 Å². The van der Waals surface area contributed by atoms with E-state index in [2.05, 4.69) is 34.3 Å². The lowest BCUT2D eigenvalue weighted by atomic mass is 10.1. The molecular weight excluding hydrogens is 265 g/mol. The van der Waals surface area contributed by atoms with Crippen molar-refractivity contribution in [3.63, 3.8) is 0 Å². The summed E-state index contributed by atoms with van der Waals surface area (Å²) in [7, 11) is 0. The highest BCUT2D eigenvalue weighted by Gasteiger charge is 2.06. The summed E-state index contributed by atoms with van der Waals surface area (Å²) in [5.41, 5.74) is 2.74.